The third-order valence-corrected chi connectivity index (χ3v) is 4.96. The third kappa shape index (κ3) is 4.41. The number of unbranched alkanes of at least 4 members (excludes halogenated alkanes) is 1. The first kappa shape index (κ1) is 16.3. The van der Waals surface area contributed by atoms with Crippen molar-refractivity contribution in [3.8, 4) is 0 Å². The predicted molar refractivity (Wildman–Crippen MR) is 78.4 cm³/mol. The predicted octanol–water partition coefficient (Wildman–Crippen LogP) is 2.62. The zero-order valence-electron chi connectivity index (χ0n) is 12.1. The van der Waals surface area contributed by atoms with E-state index in [-0.39, 0.29) is 11.2 Å². The summed E-state index contributed by atoms with van der Waals surface area (Å²) in [5.41, 5.74) is -0.776. The van der Waals surface area contributed by atoms with Gasteiger partial charge in [0.1, 0.15) is 0 Å². The number of carbonyl (C=O) groups excluding carboxylic acids is 1. The number of likely N-dealkylation sites (tertiary alicyclic amines) is 1. The van der Waals surface area contributed by atoms with Crippen LogP contribution in [0, 0.1) is 5.41 Å². The van der Waals surface area contributed by atoms with Crippen LogP contribution in [0.3, 0.4) is 0 Å². The van der Waals surface area contributed by atoms with Crippen LogP contribution in [-0.4, -0.2) is 46.0 Å². The summed E-state index contributed by atoms with van der Waals surface area (Å²) in [6.45, 7) is 6.84. The van der Waals surface area contributed by atoms with Gasteiger partial charge < -0.3 is 10.0 Å². The van der Waals surface area contributed by atoms with E-state index >= 15 is 0 Å². The maximum Gasteiger partial charge on any atom is 0.311 e. The van der Waals surface area contributed by atoms with Gasteiger partial charge in [-0.05, 0) is 38.9 Å². The van der Waals surface area contributed by atoms with Crippen LogP contribution in [0.5, 0.6) is 0 Å². The highest BCUT2D eigenvalue weighted by atomic mass is 32.2. The number of hydrogen-bond donors (Lipinski definition) is 1. The molecule has 4 nitrogen and oxygen atoms in total. The van der Waals surface area contributed by atoms with Crippen LogP contribution in [0.15, 0.2) is 0 Å². The number of amides is 1. The summed E-state index contributed by atoms with van der Waals surface area (Å²) < 4.78 is 0. The lowest BCUT2D eigenvalue weighted by Gasteiger charge is -2.38. The normalized spacial score (nSPS) is 25.1. The minimum absolute atomic E-state index is 0.0669. The molecule has 2 unspecified atom stereocenters. The topological polar surface area (TPSA) is 57.6 Å². The van der Waals surface area contributed by atoms with Gasteiger partial charge >= 0.3 is 5.97 Å². The second kappa shape index (κ2) is 7.17. The van der Waals surface area contributed by atoms with Crippen LogP contribution < -0.4 is 0 Å². The number of carboxylic acids is 1. The second-order valence-electron chi connectivity index (χ2n) is 5.60. The molecule has 0 bridgehead atoms. The molecule has 0 aromatic rings. The molecule has 0 spiro atoms. The maximum atomic E-state index is 12.3. The summed E-state index contributed by atoms with van der Waals surface area (Å²) in [7, 11) is 0. The van der Waals surface area contributed by atoms with Crippen LogP contribution in [0.4, 0.5) is 0 Å². The molecule has 2 atom stereocenters. The number of rotatable bonds is 6. The highest BCUT2D eigenvalue weighted by Crippen LogP contribution is 2.30. The number of nitrogens with zero attached hydrogens (tertiary/aromatic N) is 1. The molecule has 110 valence electrons. The number of thioether (sulfide) groups is 1. The summed E-state index contributed by atoms with van der Waals surface area (Å²) in [6.07, 6.45) is 3.69. The van der Waals surface area contributed by atoms with E-state index < -0.39 is 11.4 Å². The van der Waals surface area contributed by atoms with E-state index in [1.807, 2.05) is 6.92 Å². The molecule has 0 saturated carbocycles. The molecule has 1 fully saturated rings. The fourth-order valence-corrected chi connectivity index (χ4v) is 3.44. The lowest BCUT2D eigenvalue weighted by atomic mass is 9.82. The van der Waals surface area contributed by atoms with Crippen molar-refractivity contribution in [2.45, 2.75) is 51.7 Å². The Hall–Kier alpha value is -0.710. The van der Waals surface area contributed by atoms with Gasteiger partial charge in [0.15, 0.2) is 0 Å². The van der Waals surface area contributed by atoms with Crippen LogP contribution in [0.1, 0.15) is 46.5 Å². The van der Waals surface area contributed by atoms with Crippen molar-refractivity contribution >= 4 is 23.6 Å². The Morgan fingerprint density at radius 2 is 2.16 bits per heavy atom. The SMILES string of the molecule is CCCCSC(C)C(=O)N1CCCC(C)(C(=O)O)C1. The summed E-state index contributed by atoms with van der Waals surface area (Å²) >= 11 is 1.67. The van der Waals surface area contributed by atoms with Crippen molar-refractivity contribution in [2.24, 2.45) is 5.41 Å². The Balaban J connectivity index is 2.54. The van der Waals surface area contributed by atoms with Gasteiger partial charge in [0.2, 0.25) is 5.91 Å². The van der Waals surface area contributed by atoms with Crippen molar-refractivity contribution in [1.82, 2.24) is 4.90 Å². The van der Waals surface area contributed by atoms with E-state index in [2.05, 4.69) is 6.92 Å². The molecule has 1 saturated heterocycles. The highest BCUT2D eigenvalue weighted by molar-refractivity contribution is 8.00. The van der Waals surface area contributed by atoms with Gasteiger partial charge in [0.25, 0.3) is 0 Å². The molecule has 1 heterocycles. The van der Waals surface area contributed by atoms with Gasteiger partial charge in [-0.25, -0.2) is 0 Å². The lowest BCUT2D eigenvalue weighted by Crippen LogP contribution is -2.50. The second-order valence-corrected chi connectivity index (χ2v) is 7.04. The molecule has 0 aromatic heterocycles. The Bertz CT molecular complexity index is 335. The zero-order chi connectivity index (χ0) is 14.5. The molecule has 1 rings (SSSR count). The minimum atomic E-state index is -0.795. The Labute approximate surface area is 119 Å². The maximum absolute atomic E-state index is 12.3. The van der Waals surface area contributed by atoms with Crippen molar-refractivity contribution in [1.29, 1.82) is 0 Å². The number of piperidine rings is 1. The minimum Gasteiger partial charge on any atom is -0.481 e. The first-order chi connectivity index (χ1) is 8.90. The molecular weight excluding hydrogens is 262 g/mol. The summed E-state index contributed by atoms with van der Waals surface area (Å²) in [4.78, 5) is 25.3. The van der Waals surface area contributed by atoms with Gasteiger partial charge in [-0.3, -0.25) is 9.59 Å². The Morgan fingerprint density at radius 3 is 2.74 bits per heavy atom. The number of carbonyl (C=O) groups is 2. The third-order valence-electron chi connectivity index (χ3n) is 3.74. The molecule has 1 aliphatic heterocycles. The summed E-state index contributed by atoms with van der Waals surface area (Å²) in [6, 6.07) is 0. The highest BCUT2D eigenvalue weighted by Gasteiger charge is 2.40. The first-order valence-electron chi connectivity index (χ1n) is 7.04. The Morgan fingerprint density at radius 1 is 1.47 bits per heavy atom. The van der Waals surface area contributed by atoms with Gasteiger partial charge in [-0.15, -0.1) is 11.8 Å². The fourth-order valence-electron chi connectivity index (χ4n) is 2.33. The first-order valence-corrected chi connectivity index (χ1v) is 8.09. The van der Waals surface area contributed by atoms with E-state index in [1.54, 1.807) is 23.6 Å². The number of hydrogen-bond acceptors (Lipinski definition) is 3. The lowest BCUT2D eigenvalue weighted by molar-refractivity contribution is -0.153. The number of carboxylic acid groups (broad SMARTS) is 1. The smallest absolute Gasteiger partial charge is 0.311 e. The fraction of sp³-hybridized carbons (Fsp3) is 0.857. The van der Waals surface area contributed by atoms with Crippen LogP contribution >= 0.6 is 11.8 Å². The summed E-state index contributed by atoms with van der Waals surface area (Å²) in [5, 5.41) is 9.20. The molecule has 19 heavy (non-hydrogen) atoms. The quantitative estimate of drug-likeness (QED) is 0.763. The van der Waals surface area contributed by atoms with E-state index in [9.17, 15) is 14.7 Å². The number of aliphatic carboxylic acids is 1. The molecule has 1 aliphatic rings. The van der Waals surface area contributed by atoms with Gasteiger partial charge in [0, 0.05) is 13.1 Å². The zero-order valence-corrected chi connectivity index (χ0v) is 13.0. The Kier molecular flexibility index (Phi) is 6.17. The molecule has 1 N–H and O–H groups in total. The van der Waals surface area contributed by atoms with E-state index in [0.717, 1.165) is 25.0 Å². The molecule has 0 radical (unpaired) electrons. The summed E-state index contributed by atoms with van der Waals surface area (Å²) in [5.74, 6) is 0.289. The van der Waals surface area contributed by atoms with E-state index in [1.165, 1.54) is 0 Å². The van der Waals surface area contributed by atoms with Crippen LogP contribution in [0.25, 0.3) is 0 Å². The van der Waals surface area contributed by atoms with Crippen molar-refractivity contribution in [2.75, 3.05) is 18.8 Å². The van der Waals surface area contributed by atoms with Crippen molar-refractivity contribution in [3.05, 3.63) is 0 Å². The molecule has 5 heteroatoms. The molecule has 0 aliphatic carbocycles. The van der Waals surface area contributed by atoms with Gasteiger partial charge in [0.05, 0.1) is 10.7 Å². The van der Waals surface area contributed by atoms with E-state index in [4.69, 9.17) is 0 Å². The monoisotopic (exact) mass is 287 g/mol. The molecule has 0 aromatic carbocycles. The van der Waals surface area contributed by atoms with Gasteiger partial charge in [-0.1, -0.05) is 13.3 Å². The molecule has 1 amide bonds. The van der Waals surface area contributed by atoms with Crippen LogP contribution in [0.2, 0.25) is 0 Å². The van der Waals surface area contributed by atoms with Crippen LogP contribution in [-0.2, 0) is 9.59 Å². The van der Waals surface area contributed by atoms with Gasteiger partial charge in [-0.2, -0.15) is 0 Å². The average molecular weight is 287 g/mol. The molecular formula is C14H25NO3S. The average Bonchev–Trinajstić information content (AvgIpc) is 2.38. The van der Waals surface area contributed by atoms with E-state index in [0.29, 0.717) is 19.5 Å². The standard InChI is InChI=1S/C14H25NO3S/c1-4-5-9-19-11(2)12(16)15-8-6-7-14(3,10-15)13(17)18/h11H,4-10H2,1-3H3,(H,17,18). The largest absolute Gasteiger partial charge is 0.481 e. The van der Waals surface area contributed by atoms with Crippen molar-refractivity contribution < 1.29 is 14.7 Å². The van der Waals surface area contributed by atoms with Crippen molar-refractivity contribution in [3.63, 3.8) is 0 Å².